The molecule has 0 saturated heterocycles. The van der Waals surface area contributed by atoms with Gasteiger partial charge >= 0.3 is 5.97 Å². The molecule has 0 atom stereocenters. The fraction of sp³-hybridized carbons (Fsp3) is 0.176. The van der Waals surface area contributed by atoms with Gasteiger partial charge < -0.3 is 14.8 Å². The van der Waals surface area contributed by atoms with Crippen LogP contribution in [0.3, 0.4) is 0 Å². The van der Waals surface area contributed by atoms with Gasteiger partial charge in [0.2, 0.25) is 0 Å². The first-order valence-electron chi connectivity index (χ1n) is 7.04. The van der Waals surface area contributed by atoms with Crippen molar-refractivity contribution in [3.05, 3.63) is 58.9 Å². The van der Waals surface area contributed by atoms with E-state index in [0.29, 0.717) is 10.7 Å². The van der Waals surface area contributed by atoms with Crippen LogP contribution in [0.5, 0.6) is 5.75 Å². The number of carbonyl (C=O) groups excluding carboxylic acids is 2. The zero-order chi connectivity index (χ0) is 17.5. The van der Waals surface area contributed by atoms with Crippen molar-refractivity contribution in [1.29, 1.82) is 0 Å². The monoisotopic (exact) mass is 351 g/mol. The number of para-hydroxylation sites is 1. The SMILES string of the molecule is Cc1cc(Cl)ccc1NC(=O)COC(=O)COc1ccccc1F. The first kappa shape index (κ1) is 17.7. The number of halogens is 2. The first-order valence-corrected chi connectivity index (χ1v) is 7.42. The molecule has 24 heavy (non-hydrogen) atoms. The third-order valence-electron chi connectivity index (χ3n) is 3.01. The molecule has 0 heterocycles. The Morgan fingerprint density at radius 2 is 1.92 bits per heavy atom. The Balaban J connectivity index is 1.77. The summed E-state index contributed by atoms with van der Waals surface area (Å²) in [6.45, 7) is 0.825. The molecule has 0 aliphatic rings. The Labute approximate surface area is 143 Å². The summed E-state index contributed by atoms with van der Waals surface area (Å²) >= 11 is 5.83. The molecule has 5 nitrogen and oxygen atoms in total. The minimum Gasteiger partial charge on any atom is -0.479 e. The quantitative estimate of drug-likeness (QED) is 0.811. The number of ether oxygens (including phenoxy) is 2. The van der Waals surface area contributed by atoms with Crippen LogP contribution < -0.4 is 10.1 Å². The van der Waals surface area contributed by atoms with Crippen molar-refractivity contribution in [2.75, 3.05) is 18.5 Å². The molecule has 0 radical (unpaired) electrons. The fourth-order valence-corrected chi connectivity index (χ4v) is 2.07. The van der Waals surface area contributed by atoms with Gasteiger partial charge in [-0.3, -0.25) is 4.79 Å². The first-order chi connectivity index (χ1) is 11.5. The number of anilines is 1. The van der Waals surface area contributed by atoms with Crippen LogP contribution in [0, 0.1) is 12.7 Å². The molecule has 0 bridgehead atoms. The van der Waals surface area contributed by atoms with Crippen molar-refractivity contribution in [2.45, 2.75) is 6.92 Å². The number of aryl methyl sites for hydroxylation is 1. The zero-order valence-corrected chi connectivity index (χ0v) is 13.6. The predicted octanol–water partition coefficient (Wildman–Crippen LogP) is 3.35. The highest BCUT2D eigenvalue weighted by Gasteiger charge is 2.11. The van der Waals surface area contributed by atoms with Gasteiger partial charge in [0.15, 0.2) is 24.8 Å². The van der Waals surface area contributed by atoms with E-state index in [1.807, 2.05) is 0 Å². The molecular formula is C17H15ClFNO4. The van der Waals surface area contributed by atoms with Crippen molar-refractivity contribution >= 4 is 29.2 Å². The van der Waals surface area contributed by atoms with E-state index in [-0.39, 0.29) is 5.75 Å². The summed E-state index contributed by atoms with van der Waals surface area (Å²) in [6, 6.07) is 10.7. The highest BCUT2D eigenvalue weighted by molar-refractivity contribution is 6.30. The Morgan fingerprint density at radius 1 is 1.17 bits per heavy atom. The molecule has 1 N–H and O–H groups in total. The zero-order valence-electron chi connectivity index (χ0n) is 12.8. The van der Waals surface area contributed by atoms with Crippen LogP contribution in [0.25, 0.3) is 0 Å². The van der Waals surface area contributed by atoms with Gasteiger partial charge in [-0.1, -0.05) is 23.7 Å². The van der Waals surface area contributed by atoms with Crippen LogP contribution in [-0.4, -0.2) is 25.1 Å². The van der Waals surface area contributed by atoms with Crippen molar-refractivity contribution < 1.29 is 23.5 Å². The Kier molecular flexibility index (Phi) is 6.14. The highest BCUT2D eigenvalue weighted by atomic mass is 35.5. The maximum Gasteiger partial charge on any atom is 0.344 e. The molecule has 7 heteroatoms. The van der Waals surface area contributed by atoms with Crippen LogP contribution in [0.15, 0.2) is 42.5 Å². The smallest absolute Gasteiger partial charge is 0.344 e. The maximum atomic E-state index is 13.3. The van der Waals surface area contributed by atoms with Gasteiger partial charge in [-0.05, 0) is 42.8 Å². The average Bonchev–Trinajstić information content (AvgIpc) is 2.55. The summed E-state index contributed by atoms with van der Waals surface area (Å²) in [5, 5.41) is 3.16. The van der Waals surface area contributed by atoms with Gasteiger partial charge in [0.05, 0.1) is 0 Å². The van der Waals surface area contributed by atoms with Crippen LogP contribution in [0.4, 0.5) is 10.1 Å². The second kappa shape index (κ2) is 8.31. The summed E-state index contributed by atoms with van der Waals surface area (Å²) in [6.07, 6.45) is 0. The van der Waals surface area contributed by atoms with E-state index in [4.69, 9.17) is 21.1 Å². The molecule has 126 valence electrons. The normalized spacial score (nSPS) is 10.1. The lowest BCUT2D eigenvalue weighted by Crippen LogP contribution is -2.24. The van der Waals surface area contributed by atoms with E-state index < -0.39 is 30.9 Å². The van der Waals surface area contributed by atoms with Gasteiger partial charge in [-0.2, -0.15) is 0 Å². The Morgan fingerprint density at radius 3 is 2.62 bits per heavy atom. The standard InChI is InChI=1S/C17H15ClFNO4/c1-11-8-12(18)6-7-14(11)20-16(21)9-24-17(22)10-23-15-5-3-2-4-13(15)19/h2-8H,9-10H2,1H3,(H,20,21). The molecule has 0 aliphatic heterocycles. The maximum absolute atomic E-state index is 13.3. The number of hydrogen-bond acceptors (Lipinski definition) is 4. The molecule has 2 aromatic carbocycles. The van der Waals surface area contributed by atoms with E-state index >= 15 is 0 Å². The molecule has 0 fully saturated rings. The Bertz CT molecular complexity index is 751. The molecule has 0 aromatic heterocycles. The molecule has 1 amide bonds. The van der Waals surface area contributed by atoms with E-state index in [2.05, 4.69) is 5.32 Å². The fourth-order valence-electron chi connectivity index (χ4n) is 1.84. The van der Waals surface area contributed by atoms with E-state index in [0.717, 1.165) is 5.56 Å². The molecule has 0 spiro atoms. The van der Waals surface area contributed by atoms with E-state index in [1.165, 1.54) is 18.2 Å². The van der Waals surface area contributed by atoms with E-state index in [9.17, 15) is 14.0 Å². The van der Waals surface area contributed by atoms with Crippen LogP contribution in [-0.2, 0) is 14.3 Å². The average molecular weight is 352 g/mol. The molecule has 0 unspecified atom stereocenters. The topological polar surface area (TPSA) is 64.6 Å². The second-order valence-corrected chi connectivity index (χ2v) is 5.32. The van der Waals surface area contributed by atoms with Crippen molar-refractivity contribution in [3.8, 4) is 5.75 Å². The summed E-state index contributed by atoms with van der Waals surface area (Å²) in [4.78, 5) is 23.3. The number of benzene rings is 2. The summed E-state index contributed by atoms with van der Waals surface area (Å²) < 4.78 is 23.1. The number of nitrogens with one attached hydrogen (secondary N) is 1. The number of rotatable bonds is 6. The Hall–Kier alpha value is -2.60. The third-order valence-corrected chi connectivity index (χ3v) is 3.24. The number of hydrogen-bond donors (Lipinski definition) is 1. The number of esters is 1. The van der Waals surface area contributed by atoms with Crippen LogP contribution in [0.1, 0.15) is 5.56 Å². The van der Waals surface area contributed by atoms with Gasteiger partial charge in [-0.25, -0.2) is 9.18 Å². The van der Waals surface area contributed by atoms with Crippen molar-refractivity contribution in [2.24, 2.45) is 0 Å². The van der Waals surface area contributed by atoms with Crippen molar-refractivity contribution in [1.82, 2.24) is 0 Å². The molecule has 2 aromatic rings. The van der Waals surface area contributed by atoms with E-state index in [1.54, 1.807) is 31.2 Å². The van der Waals surface area contributed by atoms with Gasteiger partial charge in [0.1, 0.15) is 0 Å². The van der Waals surface area contributed by atoms with Crippen LogP contribution in [0.2, 0.25) is 5.02 Å². The third kappa shape index (κ3) is 5.24. The number of amides is 1. The summed E-state index contributed by atoms with van der Waals surface area (Å²) in [5.74, 6) is -1.92. The lowest BCUT2D eigenvalue weighted by atomic mass is 10.2. The lowest BCUT2D eigenvalue weighted by Gasteiger charge is -2.10. The summed E-state index contributed by atoms with van der Waals surface area (Å²) in [7, 11) is 0. The number of carbonyl (C=O) groups is 2. The van der Waals surface area contributed by atoms with Gasteiger partial charge in [-0.15, -0.1) is 0 Å². The minimum atomic E-state index is -0.777. The van der Waals surface area contributed by atoms with Gasteiger partial charge in [0, 0.05) is 10.7 Å². The molecule has 0 saturated carbocycles. The highest BCUT2D eigenvalue weighted by Crippen LogP contribution is 2.19. The summed E-state index contributed by atoms with van der Waals surface area (Å²) in [5.41, 5.74) is 1.35. The molecule has 2 rings (SSSR count). The largest absolute Gasteiger partial charge is 0.479 e. The van der Waals surface area contributed by atoms with Crippen molar-refractivity contribution in [3.63, 3.8) is 0 Å². The minimum absolute atomic E-state index is 0.0595. The molecular weight excluding hydrogens is 337 g/mol. The second-order valence-electron chi connectivity index (χ2n) is 4.89. The predicted molar refractivity (Wildman–Crippen MR) is 87.7 cm³/mol. The molecule has 0 aliphatic carbocycles. The van der Waals surface area contributed by atoms with Gasteiger partial charge in [0.25, 0.3) is 5.91 Å². The lowest BCUT2D eigenvalue weighted by molar-refractivity contribution is -0.149. The van der Waals surface area contributed by atoms with Crippen LogP contribution >= 0.6 is 11.6 Å².